The van der Waals surface area contributed by atoms with Crippen molar-refractivity contribution in [1.82, 2.24) is 0 Å². The first kappa shape index (κ1) is 9.46. The van der Waals surface area contributed by atoms with Crippen molar-refractivity contribution < 1.29 is 14.6 Å². The Hall–Kier alpha value is -0.540. The molecule has 0 bridgehead atoms. The summed E-state index contributed by atoms with van der Waals surface area (Å²) < 4.78 is 4.50. The van der Waals surface area contributed by atoms with E-state index in [9.17, 15) is 4.79 Å². The fraction of sp³-hybridized carbons (Fsp3) is 0.500. The Bertz CT molecular complexity index is 142. The fourth-order valence-electron chi connectivity index (χ4n) is 0.297. The number of ether oxygens (including phenoxy) is 1. The van der Waals surface area contributed by atoms with Crippen LogP contribution in [0.15, 0.2) is 11.1 Å². The lowest BCUT2D eigenvalue weighted by atomic mass is 10.4. The Morgan fingerprint density at radius 3 is 2.80 bits per heavy atom. The van der Waals surface area contributed by atoms with Gasteiger partial charge in [-0.2, -0.15) is 0 Å². The third-order valence-corrected chi connectivity index (χ3v) is 1.14. The maximum absolute atomic E-state index is 10.6. The lowest BCUT2D eigenvalue weighted by molar-refractivity contribution is -0.139. The molecule has 0 unspecified atom stereocenters. The van der Waals surface area contributed by atoms with Crippen LogP contribution in [-0.4, -0.2) is 24.3 Å². The molecule has 0 radical (unpaired) electrons. The average Bonchev–Trinajstić information content (AvgIpc) is 1.98. The zero-order chi connectivity index (χ0) is 7.98. The Labute approximate surface area is 64.2 Å². The van der Waals surface area contributed by atoms with E-state index in [1.165, 1.54) is 6.92 Å². The summed E-state index contributed by atoms with van der Waals surface area (Å²) in [6.07, 6.45) is 0. The van der Waals surface area contributed by atoms with E-state index >= 15 is 0 Å². The van der Waals surface area contributed by atoms with Gasteiger partial charge in [0.25, 0.3) is 0 Å². The van der Waals surface area contributed by atoms with Gasteiger partial charge < -0.3 is 9.84 Å². The van der Waals surface area contributed by atoms with E-state index in [0.717, 1.165) is 5.54 Å². The Kier molecular flexibility index (Phi) is 4.98. The maximum Gasteiger partial charge on any atom is 0.334 e. The number of hydrogen-bond donors (Lipinski definition) is 1. The molecule has 0 saturated heterocycles. The van der Waals surface area contributed by atoms with Crippen LogP contribution >= 0.6 is 11.6 Å². The number of aliphatic hydroxyl groups excluding tert-OH is 1. The minimum Gasteiger partial charge on any atom is -0.460 e. The van der Waals surface area contributed by atoms with Crippen molar-refractivity contribution in [2.75, 3.05) is 13.2 Å². The topological polar surface area (TPSA) is 46.5 Å². The van der Waals surface area contributed by atoms with Crippen LogP contribution < -0.4 is 0 Å². The number of carbonyl (C=O) groups excluding carboxylic acids is 1. The quantitative estimate of drug-likeness (QED) is 0.493. The molecular formula is C6H9ClO3. The van der Waals surface area contributed by atoms with Gasteiger partial charge >= 0.3 is 5.97 Å². The molecule has 0 saturated carbocycles. The SMILES string of the molecule is C/C(=C\Cl)C(=O)OCCO. The number of halogens is 1. The van der Waals surface area contributed by atoms with E-state index in [2.05, 4.69) is 4.74 Å². The van der Waals surface area contributed by atoms with E-state index in [1.807, 2.05) is 0 Å². The van der Waals surface area contributed by atoms with Gasteiger partial charge in [-0.15, -0.1) is 0 Å². The first-order chi connectivity index (χ1) is 4.72. The van der Waals surface area contributed by atoms with E-state index in [-0.39, 0.29) is 13.2 Å². The Morgan fingerprint density at radius 2 is 2.40 bits per heavy atom. The molecule has 0 amide bonds. The first-order valence-electron chi connectivity index (χ1n) is 2.77. The van der Waals surface area contributed by atoms with E-state index in [4.69, 9.17) is 16.7 Å². The molecule has 1 N–H and O–H groups in total. The first-order valence-corrected chi connectivity index (χ1v) is 3.21. The third kappa shape index (κ3) is 3.48. The smallest absolute Gasteiger partial charge is 0.334 e. The van der Waals surface area contributed by atoms with Crippen LogP contribution in [0.2, 0.25) is 0 Å². The van der Waals surface area contributed by atoms with E-state index in [0.29, 0.717) is 5.57 Å². The molecule has 0 heterocycles. The number of aliphatic hydroxyl groups is 1. The minimum atomic E-state index is -0.496. The van der Waals surface area contributed by atoms with Crippen LogP contribution in [0.4, 0.5) is 0 Å². The van der Waals surface area contributed by atoms with Gasteiger partial charge in [-0.3, -0.25) is 0 Å². The second kappa shape index (κ2) is 5.26. The zero-order valence-electron chi connectivity index (χ0n) is 5.63. The van der Waals surface area contributed by atoms with Crippen LogP contribution in [0.5, 0.6) is 0 Å². The molecule has 0 aliphatic carbocycles. The average molecular weight is 165 g/mol. The van der Waals surface area contributed by atoms with Gasteiger partial charge in [0.2, 0.25) is 0 Å². The summed E-state index contributed by atoms with van der Waals surface area (Å²) in [6.45, 7) is 1.38. The molecule has 0 rings (SSSR count). The predicted octanol–water partition coefficient (Wildman–Crippen LogP) is 0.665. The summed E-state index contributed by atoms with van der Waals surface area (Å²) in [5, 5.41) is 8.24. The molecule has 0 aromatic heterocycles. The second-order valence-electron chi connectivity index (χ2n) is 1.65. The van der Waals surface area contributed by atoms with Crippen LogP contribution in [0.25, 0.3) is 0 Å². The highest BCUT2D eigenvalue weighted by molar-refractivity contribution is 6.27. The summed E-state index contributed by atoms with van der Waals surface area (Å²) in [6, 6.07) is 0. The normalized spacial score (nSPS) is 11.3. The summed E-state index contributed by atoms with van der Waals surface area (Å²) in [5.41, 5.74) is 1.47. The molecule has 4 heteroatoms. The molecule has 0 aliphatic rings. The summed E-state index contributed by atoms with van der Waals surface area (Å²) in [7, 11) is 0. The lowest BCUT2D eigenvalue weighted by Gasteiger charge is -1.99. The van der Waals surface area contributed by atoms with Gasteiger partial charge in [0.05, 0.1) is 6.61 Å². The fourth-order valence-corrected chi connectivity index (χ4v) is 0.386. The van der Waals surface area contributed by atoms with Gasteiger partial charge in [0.15, 0.2) is 0 Å². The van der Waals surface area contributed by atoms with Crippen molar-refractivity contribution in [3.05, 3.63) is 11.1 Å². The standard InChI is InChI=1S/C6H9ClO3/c1-5(4-7)6(9)10-3-2-8/h4,8H,2-3H2,1H3/b5-4+. The van der Waals surface area contributed by atoms with Crippen LogP contribution in [-0.2, 0) is 9.53 Å². The molecule has 58 valence electrons. The van der Waals surface area contributed by atoms with Crippen molar-refractivity contribution in [3.8, 4) is 0 Å². The van der Waals surface area contributed by atoms with Gasteiger partial charge in [0.1, 0.15) is 6.61 Å². The monoisotopic (exact) mass is 164 g/mol. The van der Waals surface area contributed by atoms with Gasteiger partial charge in [0, 0.05) is 11.1 Å². The van der Waals surface area contributed by atoms with Crippen LogP contribution in [0.3, 0.4) is 0 Å². The van der Waals surface area contributed by atoms with E-state index < -0.39 is 5.97 Å². The molecule has 0 fully saturated rings. The van der Waals surface area contributed by atoms with Crippen LogP contribution in [0.1, 0.15) is 6.92 Å². The largest absolute Gasteiger partial charge is 0.460 e. The second-order valence-corrected chi connectivity index (χ2v) is 1.87. The highest BCUT2D eigenvalue weighted by Crippen LogP contribution is 1.97. The molecule has 0 aliphatic heterocycles. The number of rotatable bonds is 3. The highest BCUT2D eigenvalue weighted by Gasteiger charge is 2.02. The van der Waals surface area contributed by atoms with Crippen molar-refractivity contribution in [1.29, 1.82) is 0 Å². The Balaban J connectivity index is 3.63. The van der Waals surface area contributed by atoms with Crippen molar-refractivity contribution >= 4 is 17.6 Å². The molecule has 0 spiro atoms. The van der Waals surface area contributed by atoms with Crippen molar-refractivity contribution in [2.45, 2.75) is 6.92 Å². The molecule has 10 heavy (non-hydrogen) atoms. The molecule has 3 nitrogen and oxygen atoms in total. The molecule has 0 atom stereocenters. The highest BCUT2D eigenvalue weighted by atomic mass is 35.5. The van der Waals surface area contributed by atoms with Gasteiger partial charge in [-0.05, 0) is 6.92 Å². The lowest BCUT2D eigenvalue weighted by Crippen LogP contribution is -2.08. The molecule has 0 aromatic rings. The Morgan fingerprint density at radius 1 is 1.80 bits per heavy atom. The van der Waals surface area contributed by atoms with Crippen molar-refractivity contribution in [3.63, 3.8) is 0 Å². The summed E-state index contributed by atoms with van der Waals surface area (Å²) in [4.78, 5) is 10.6. The van der Waals surface area contributed by atoms with Gasteiger partial charge in [-0.1, -0.05) is 11.6 Å². The zero-order valence-corrected chi connectivity index (χ0v) is 6.39. The summed E-state index contributed by atoms with van der Waals surface area (Å²) in [5.74, 6) is -0.496. The maximum atomic E-state index is 10.6. The predicted molar refractivity (Wildman–Crippen MR) is 37.7 cm³/mol. The van der Waals surface area contributed by atoms with Crippen molar-refractivity contribution in [2.24, 2.45) is 0 Å². The number of carbonyl (C=O) groups is 1. The molecular weight excluding hydrogens is 156 g/mol. The number of hydrogen-bond acceptors (Lipinski definition) is 3. The third-order valence-electron chi connectivity index (χ3n) is 0.810. The molecule has 0 aromatic carbocycles. The van der Waals surface area contributed by atoms with Gasteiger partial charge in [-0.25, -0.2) is 4.79 Å². The summed E-state index contributed by atoms with van der Waals surface area (Å²) >= 11 is 5.20. The number of esters is 1. The minimum absolute atomic E-state index is 0.0148. The van der Waals surface area contributed by atoms with E-state index in [1.54, 1.807) is 0 Å². The van der Waals surface area contributed by atoms with Crippen LogP contribution in [0, 0.1) is 0 Å².